The van der Waals surface area contributed by atoms with Gasteiger partial charge in [-0.3, -0.25) is 4.79 Å². The Bertz CT molecular complexity index is 738. The third-order valence-electron chi connectivity index (χ3n) is 2.68. The van der Waals surface area contributed by atoms with Crippen molar-refractivity contribution < 1.29 is 9.53 Å². The summed E-state index contributed by atoms with van der Waals surface area (Å²) in [6.07, 6.45) is 0. The lowest BCUT2D eigenvalue weighted by Crippen LogP contribution is -2.12. The van der Waals surface area contributed by atoms with Gasteiger partial charge in [0.2, 0.25) is 5.78 Å². The van der Waals surface area contributed by atoms with Crippen LogP contribution in [0.1, 0.15) is 15.9 Å². The number of hydrogen-bond donors (Lipinski definition) is 0. The minimum absolute atomic E-state index is 0.189. The van der Waals surface area contributed by atoms with E-state index in [1.165, 1.54) is 12.1 Å². The van der Waals surface area contributed by atoms with E-state index in [0.717, 1.165) is 0 Å². The molecule has 106 valence electrons. The first-order valence-electron chi connectivity index (χ1n) is 5.82. The molecular formula is C15H8Cl3NO2. The zero-order valence-corrected chi connectivity index (χ0v) is 12.8. The van der Waals surface area contributed by atoms with Crippen molar-refractivity contribution in [3.63, 3.8) is 0 Å². The van der Waals surface area contributed by atoms with Gasteiger partial charge in [-0.25, -0.2) is 0 Å². The van der Waals surface area contributed by atoms with Crippen LogP contribution in [0.3, 0.4) is 0 Å². The number of rotatable bonds is 4. The van der Waals surface area contributed by atoms with Crippen LogP contribution < -0.4 is 4.74 Å². The van der Waals surface area contributed by atoms with Gasteiger partial charge in [-0.1, -0.05) is 40.9 Å². The van der Waals surface area contributed by atoms with E-state index in [2.05, 4.69) is 0 Å². The van der Waals surface area contributed by atoms with Crippen LogP contribution in [-0.4, -0.2) is 12.4 Å². The summed E-state index contributed by atoms with van der Waals surface area (Å²) in [6, 6.07) is 11.3. The Morgan fingerprint density at radius 2 is 1.90 bits per heavy atom. The zero-order chi connectivity index (χ0) is 15.4. The third-order valence-corrected chi connectivity index (χ3v) is 3.54. The van der Waals surface area contributed by atoms with Gasteiger partial charge in [0.25, 0.3) is 0 Å². The Hall–Kier alpha value is -1.73. The second-order valence-corrected chi connectivity index (χ2v) is 5.31. The van der Waals surface area contributed by atoms with Gasteiger partial charge >= 0.3 is 0 Å². The molecule has 0 radical (unpaired) electrons. The Morgan fingerprint density at radius 3 is 2.57 bits per heavy atom. The Balaban J connectivity index is 2.15. The van der Waals surface area contributed by atoms with E-state index in [4.69, 9.17) is 44.8 Å². The summed E-state index contributed by atoms with van der Waals surface area (Å²) in [5, 5.41) is 9.99. The second-order valence-electron chi connectivity index (χ2n) is 4.06. The van der Waals surface area contributed by atoms with Gasteiger partial charge in [-0.05, 0) is 30.3 Å². The summed E-state index contributed by atoms with van der Waals surface area (Å²) in [7, 11) is 0. The van der Waals surface area contributed by atoms with Crippen LogP contribution in [0.4, 0.5) is 0 Å². The molecule has 0 aliphatic heterocycles. The number of carbonyl (C=O) groups is 1. The van der Waals surface area contributed by atoms with Crippen LogP contribution in [0, 0.1) is 11.3 Å². The Morgan fingerprint density at radius 1 is 1.14 bits per heavy atom. The van der Waals surface area contributed by atoms with Crippen molar-refractivity contribution in [3.8, 4) is 11.8 Å². The molecular weight excluding hydrogens is 333 g/mol. The van der Waals surface area contributed by atoms with Crippen molar-refractivity contribution in [1.29, 1.82) is 5.26 Å². The summed E-state index contributed by atoms with van der Waals surface area (Å²) < 4.78 is 5.36. The van der Waals surface area contributed by atoms with E-state index in [1.54, 1.807) is 24.3 Å². The predicted octanol–water partition coefficient (Wildman–Crippen LogP) is 4.78. The van der Waals surface area contributed by atoms with Crippen LogP contribution in [0.25, 0.3) is 0 Å². The first kappa shape index (κ1) is 15.7. The molecule has 2 aromatic rings. The number of Topliss-reactive ketones (excluding diaryl/α,β-unsaturated/α-hetero) is 1. The zero-order valence-electron chi connectivity index (χ0n) is 10.6. The van der Waals surface area contributed by atoms with E-state index < -0.39 is 0 Å². The predicted molar refractivity (Wildman–Crippen MR) is 82.5 cm³/mol. The van der Waals surface area contributed by atoms with E-state index in [0.29, 0.717) is 10.6 Å². The van der Waals surface area contributed by atoms with E-state index in [-0.39, 0.29) is 33.7 Å². The molecule has 0 saturated heterocycles. The van der Waals surface area contributed by atoms with Crippen LogP contribution in [0.15, 0.2) is 36.4 Å². The molecule has 2 aromatic carbocycles. The van der Waals surface area contributed by atoms with E-state index >= 15 is 0 Å². The average molecular weight is 341 g/mol. The number of ketones is 1. The normalized spacial score (nSPS) is 10.0. The topological polar surface area (TPSA) is 50.1 Å². The lowest BCUT2D eigenvalue weighted by molar-refractivity contribution is 0.0921. The number of nitriles is 1. The molecule has 0 amide bonds. The van der Waals surface area contributed by atoms with Crippen LogP contribution >= 0.6 is 34.8 Å². The SMILES string of the molecule is N#Cc1c(Cl)cccc1OCC(=O)c1ccc(Cl)cc1Cl. The number of halogens is 3. The van der Waals surface area contributed by atoms with Crippen molar-refractivity contribution >= 4 is 40.6 Å². The fourth-order valence-corrected chi connectivity index (χ4v) is 2.39. The minimum Gasteiger partial charge on any atom is -0.484 e. The number of hydrogen-bond acceptors (Lipinski definition) is 3. The molecule has 0 atom stereocenters. The highest BCUT2D eigenvalue weighted by Crippen LogP contribution is 2.26. The molecule has 2 rings (SSSR count). The van der Waals surface area contributed by atoms with Gasteiger partial charge < -0.3 is 4.74 Å². The number of ether oxygens (including phenoxy) is 1. The smallest absolute Gasteiger partial charge is 0.201 e. The van der Waals surface area contributed by atoms with Crippen molar-refractivity contribution in [2.75, 3.05) is 6.61 Å². The van der Waals surface area contributed by atoms with Gasteiger partial charge in [-0.2, -0.15) is 5.26 Å². The third kappa shape index (κ3) is 3.68. The first-order valence-corrected chi connectivity index (χ1v) is 6.96. The number of carbonyl (C=O) groups excluding carboxylic acids is 1. The molecule has 3 nitrogen and oxygen atoms in total. The van der Waals surface area contributed by atoms with Crippen LogP contribution in [-0.2, 0) is 0 Å². The molecule has 0 saturated carbocycles. The van der Waals surface area contributed by atoms with Crippen LogP contribution in [0.5, 0.6) is 5.75 Å². The van der Waals surface area contributed by atoms with Crippen molar-refractivity contribution in [1.82, 2.24) is 0 Å². The summed E-state index contributed by atoms with van der Waals surface area (Å²) in [4.78, 5) is 12.1. The summed E-state index contributed by atoms with van der Waals surface area (Å²) >= 11 is 17.6. The highest BCUT2D eigenvalue weighted by atomic mass is 35.5. The molecule has 0 fully saturated rings. The van der Waals surface area contributed by atoms with Crippen molar-refractivity contribution in [2.45, 2.75) is 0 Å². The van der Waals surface area contributed by atoms with Gasteiger partial charge in [-0.15, -0.1) is 0 Å². The lowest BCUT2D eigenvalue weighted by Gasteiger charge is -2.09. The lowest BCUT2D eigenvalue weighted by atomic mass is 10.1. The molecule has 6 heteroatoms. The summed E-state index contributed by atoms with van der Waals surface area (Å²) in [5.74, 6) is -0.0658. The van der Waals surface area contributed by atoms with Gasteiger partial charge in [0, 0.05) is 10.6 Å². The van der Waals surface area contributed by atoms with Crippen molar-refractivity contribution in [2.24, 2.45) is 0 Å². The summed E-state index contributed by atoms with van der Waals surface area (Å²) in [5.41, 5.74) is 0.496. The van der Waals surface area contributed by atoms with E-state index in [9.17, 15) is 4.79 Å². The van der Waals surface area contributed by atoms with Crippen molar-refractivity contribution in [3.05, 3.63) is 62.6 Å². The maximum Gasteiger partial charge on any atom is 0.201 e. The maximum atomic E-state index is 12.1. The first-order chi connectivity index (χ1) is 10.0. The largest absolute Gasteiger partial charge is 0.484 e. The molecule has 0 N–H and O–H groups in total. The molecule has 0 spiro atoms. The monoisotopic (exact) mass is 339 g/mol. The second kappa shape index (κ2) is 6.82. The fourth-order valence-electron chi connectivity index (χ4n) is 1.67. The van der Waals surface area contributed by atoms with Gasteiger partial charge in [0.1, 0.15) is 17.4 Å². The number of benzene rings is 2. The quantitative estimate of drug-likeness (QED) is 0.753. The average Bonchev–Trinajstić information content (AvgIpc) is 2.44. The fraction of sp³-hybridized carbons (Fsp3) is 0.0667. The highest BCUT2D eigenvalue weighted by molar-refractivity contribution is 6.36. The molecule has 0 aliphatic carbocycles. The Labute approximate surface area is 136 Å². The Kier molecular flexibility index (Phi) is 5.08. The minimum atomic E-state index is -0.319. The molecule has 21 heavy (non-hydrogen) atoms. The van der Waals surface area contributed by atoms with Crippen LogP contribution in [0.2, 0.25) is 15.1 Å². The molecule has 0 heterocycles. The molecule has 0 aromatic heterocycles. The molecule has 0 bridgehead atoms. The molecule has 0 unspecified atom stereocenters. The van der Waals surface area contributed by atoms with E-state index in [1.807, 2.05) is 6.07 Å². The highest BCUT2D eigenvalue weighted by Gasteiger charge is 2.14. The van der Waals surface area contributed by atoms with Gasteiger partial charge in [0.05, 0.1) is 10.0 Å². The number of nitrogens with zero attached hydrogens (tertiary/aromatic N) is 1. The standard InChI is InChI=1S/C15H8Cl3NO2/c16-9-4-5-10(13(18)6-9)14(20)8-21-15-3-1-2-12(17)11(15)7-19/h1-6H,8H2. The maximum absolute atomic E-state index is 12.1. The molecule has 0 aliphatic rings. The van der Waals surface area contributed by atoms with Gasteiger partial charge in [0.15, 0.2) is 6.61 Å². The summed E-state index contributed by atoms with van der Waals surface area (Å²) in [6.45, 7) is -0.254.